The Hall–Kier alpha value is -6.12. The third-order valence-corrected chi connectivity index (χ3v) is 9.49. The highest BCUT2D eigenvalue weighted by atomic mass is 16.3. The third kappa shape index (κ3) is 3.59. The van der Waals surface area contributed by atoms with Gasteiger partial charge < -0.3 is 8.83 Å². The summed E-state index contributed by atoms with van der Waals surface area (Å²) in [6, 6.07) is 56.0. The number of hydrogen-bond donors (Lipinski definition) is 0. The standard InChI is InChI=1S/C44H26O2/c1-2-11-27(12-3-1)28-21-23-29(24-22-28)40-31-14-4-6-16-33(31)41(34-17-7-5-15-32(34)40)36-18-10-19-37-42-39(46-43(36)37)26-25-35-30-13-8-9-20-38(30)45-44(35)42/h1-26H. The molecule has 0 bridgehead atoms. The van der Waals surface area contributed by atoms with Gasteiger partial charge in [0.1, 0.15) is 22.3 Å². The fraction of sp³-hybridized carbons (Fsp3) is 0. The minimum atomic E-state index is 0.831. The first-order chi connectivity index (χ1) is 22.8. The van der Waals surface area contributed by atoms with Crippen LogP contribution in [-0.2, 0) is 0 Å². The average Bonchev–Trinajstić information content (AvgIpc) is 3.70. The van der Waals surface area contributed by atoms with Crippen molar-refractivity contribution < 1.29 is 8.83 Å². The molecule has 10 rings (SSSR count). The zero-order chi connectivity index (χ0) is 30.2. The molecule has 0 N–H and O–H groups in total. The lowest BCUT2D eigenvalue weighted by molar-refractivity contribution is 0.663. The minimum Gasteiger partial charge on any atom is -0.455 e. The molecule has 0 saturated carbocycles. The zero-order valence-electron chi connectivity index (χ0n) is 24.8. The van der Waals surface area contributed by atoms with E-state index in [2.05, 4.69) is 146 Å². The molecule has 2 heterocycles. The van der Waals surface area contributed by atoms with Crippen molar-refractivity contribution in [2.24, 2.45) is 0 Å². The number of hydrogen-bond acceptors (Lipinski definition) is 2. The van der Waals surface area contributed by atoms with Gasteiger partial charge in [-0.25, -0.2) is 0 Å². The van der Waals surface area contributed by atoms with Crippen LogP contribution in [0.25, 0.3) is 98.8 Å². The highest BCUT2D eigenvalue weighted by Crippen LogP contribution is 2.47. The Labute approximate surface area is 264 Å². The van der Waals surface area contributed by atoms with Gasteiger partial charge in [0.05, 0.1) is 5.39 Å². The molecule has 0 atom stereocenters. The van der Waals surface area contributed by atoms with E-state index < -0.39 is 0 Å². The second-order valence-electron chi connectivity index (χ2n) is 12.0. The first kappa shape index (κ1) is 25.2. The second-order valence-corrected chi connectivity index (χ2v) is 12.0. The van der Waals surface area contributed by atoms with Gasteiger partial charge in [-0.3, -0.25) is 0 Å². The number of para-hydroxylation sites is 2. The quantitative estimate of drug-likeness (QED) is 0.193. The molecule has 2 aromatic heterocycles. The van der Waals surface area contributed by atoms with Crippen LogP contribution in [0, 0.1) is 0 Å². The van der Waals surface area contributed by atoms with E-state index in [0.29, 0.717) is 0 Å². The number of benzene rings is 8. The van der Waals surface area contributed by atoms with E-state index in [9.17, 15) is 0 Å². The molecule has 0 spiro atoms. The van der Waals surface area contributed by atoms with Gasteiger partial charge in [-0.2, -0.15) is 0 Å². The molecule has 0 aliphatic carbocycles. The van der Waals surface area contributed by atoms with Gasteiger partial charge in [0.15, 0.2) is 0 Å². The highest BCUT2D eigenvalue weighted by molar-refractivity contribution is 6.27. The maximum atomic E-state index is 6.75. The maximum absolute atomic E-state index is 6.75. The van der Waals surface area contributed by atoms with Crippen molar-refractivity contribution in [3.63, 3.8) is 0 Å². The Morgan fingerprint density at radius 2 is 0.826 bits per heavy atom. The predicted molar refractivity (Wildman–Crippen MR) is 192 cm³/mol. The van der Waals surface area contributed by atoms with E-state index in [0.717, 1.165) is 49.4 Å². The lowest BCUT2D eigenvalue weighted by Gasteiger charge is -2.18. The topological polar surface area (TPSA) is 26.3 Å². The van der Waals surface area contributed by atoms with Crippen molar-refractivity contribution in [1.82, 2.24) is 0 Å². The fourth-order valence-corrected chi connectivity index (χ4v) is 7.45. The lowest BCUT2D eigenvalue weighted by Crippen LogP contribution is -1.91. The summed E-state index contributed by atoms with van der Waals surface area (Å²) in [6.45, 7) is 0. The summed E-state index contributed by atoms with van der Waals surface area (Å²) in [5.74, 6) is 0. The van der Waals surface area contributed by atoms with Crippen LogP contribution in [0.4, 0.5) is 0 Å². The van der Waals surface area contributed by atoms with Gasteiger partial charge in [0.25, 0.3) is 0 Å². The number of furan rings is 2. The molecule has 0 unspecified atom stereocenters. The predicted octanol–water partition coefficient (Wildman–Crippen LogP) is 12.8. The van der Waals surface area contributed by atoms with Crippen LogP contribution in [0.2, 0.25) is 0 Å². The molecule has 0 aliphatic rings. The molecule has 8 aromatic carbocycles. The summed E-state index contributed by atoms with van der Waals surface area (Å²) in [4.78, 5) is 0. The Balaban J connectivity index is 1.26. The van der Waals surface area contributed by atoms with Crippen molar-refractivity contribution in [3.05, 3.63) is 158 Å². The molecule has 0 saturated heterocycles. The Morgan fingerprint density at radius 3 is 1.54 bits per heavy atom. The Morgan fingerprint density at radius 1 is 0.283 bits per heavy atom. The first-order valence-electron chi connectivity index (χ1n) is 15.7. The molecule has 0 fully saturated rings. The van der Waals surface area contributed by atoms with E-state index in [-0.39, 0.29) is 0 Å². The van der Waals surface area contributed by atoms with E-state index in [1.807, 2.05) is 12.1 Å². The molecule has 46 heavy (non-hydrogen) atoms. The van der Waals surface area contributed by atoms with Crippen LogP contribution in [-0.4, -0.2) is 0 Å². The van der Waals surface area contributed by atoms with Crippen LogP contribution >= 0.6 is 0 Å². The maximum Gasteiger partial charge on any atom is 0.147 e. The molecule has 0 amide bonds. The van der Waals surface area contributed by atoms with E-state index in [1.165, 1.54) is 49.4 Å². The van der Waals surface area contributed by atoms with Crippen LogP contribution in [0.3, 0.4) is 0 Å². The second kappa shape index (κ2) is 9.69. The van der Waals surface area contributed by atoms with Crippen LogP contribution in [0.5, 0.6) is 0 Å². The molecule has 10 aromatic rings. The van der Waals surface area contributed by atoms with Gasteiger partial charge in [0.2, 0.25) is 0 Å². The fourth-order valence-electron chi connectivity index (χ4n) is 7.45. The van der Waals surface area contributed by atoms with E-state index in [1.54, 1.807) is 0 Å². The Kier molecular flexibility index (Phi) is 5.31. The van der Waals surface area contributed by atoms with Crippen molar-refractivity contribution in [1.29, 1.82) is 0 Å². The monoisotopic (exact) mass is 586 g/mol. The largest absolute Gasteiger partial charge is 0.455 e. The van der Waals surface area contributed by atoms with E-state index >= 15 is 0 Å². The van der Waals surface area contributed by atoms with Gasteiger partial charge >= 0.3 is 0 Å². The molecule has 2 heteroatoms. The minimum absolute atomic E-state index is 0.831. The lowest BCUT2D eigenvalue weighted by atomic mass is 9.85. The molecular weight excluding hydrogens is 560 g/mol. The third-order valence-electron chi connectivity index (χ3n) is 9.49. The van der Waals surface area contributed by atoms with Crippen molar-refractivity contribution >= 4 is 65.4 Å². The zero-order valence-corrected chi connectivity index (χ0v) is 24.8. The smallest absolute Gasteiger partial charge is 0.147 e. The van der Waals surface area contributed by atoms with Crippen LogP contribution in [0.1, 0.15) is 0 Å². The normalized spacial score (nSPS) is 11.9. The molecule has 0 radical (unpaired) electrons. The van der Waals surface area contributed by atoms with Crippen LogP contribution in [0.15, 0.2) is 167 Å². The molecular formula is C44H26O2. The SMILES string of the molecule is c1ccc(-c2ccc(-c3c4ccccc4c(-c4cccc5c4oc4ccc6c7ccccc7oc6c45)c4ccccc34)cc2)cc1. The Bertz CT molecular complexity index is 2720. The summed E-state index contributed by atoms with van der Waals surface area (Å²) < 4.78 is 13.2. The van der Waals surface area contributed by atoms with Crippen molar-refractivity contribution in [2.45, 2.75) is 0 Å². The number of fused-ring (bicyclic) bond motifs is 9. The number of rotatable bonds is 3. The molecule has 0 aliphatic heterocycles. The van der Waals surface area contributed by atoms with Gasteiger partial charge in [-0.1, -0.05) is 140 Å². The average molecular weight is 587 g/mol. The summed E-state index contributed by atoms with van der Waals surface area (Å²) in [6.07, 6.45) is 0. The molecule has 2 nitrogen and oxygen atoms in total. The summed E-state index contributed by atoms with van der Waals surface area (Å²) in [5, 5.41) is 9.15. The van der Waals surface area contributed by atoms with E-state index in [4.69, 9.17) is 8.83 Å². The van der Waals surface area contributed by atoms with Crippen LogP contribution < -0.4 is 0 Å². The van der Waals surface area contributed by atoms with Gasteiger partial charge in [-0.05, 0) is 62.0 Å². The van der Waals surface area contributed by atoms with Crippen molar-refractivity contribution in [3.8, 4) is 33.4 Å². The summed E-state index contributed by atoms with van der Waals surface area (Å²) in [7, 11) is 0. The van der Waals surface area contributed by atoms with Gasteiger partial charge in [0, 0.05) is 27.3 Å². The molecule has 214 valence electrons. The highest BCUT2D eigenvalue weighted by Gasteiger charge is 2.22. The first-order valence-corrected chi connectivity index (χ1v) is 15.7. The van der Waals surface area contributed by atoms with Crippen molar-refractivity contribution in [2.75, 3.05) is 0 Å². The summed E-state index contributed by atoms with van der Waals surface area (Å²) in [5.41, 5.74) is 10.6. The summed E-state index contributed by atoms with van der Waals surface area (Å²) >= 11 is 0. The van der Waals surface area contributed by atoms with Gasteiger partial charge in [-0.15, -0.1) is 0 Å².